The van der Waals surface area contributed by atoms with E-state index in [1.807, 2.05) is 6.92 Å². The molecule has 2 atom stereocenters. The molecule has 1 nitrogen and oxygen atoms in total. The predicted molar refractivity (Wildman–Crippen MR) is 42.8 cm³/mol. The fraction of sp³-hybridized carbons (Fsp3) is 0.778. The third-order valence-electron chi connectivity index (χ3n) is 2.27. The maximum atomic E-state index is 9.45. The van der Waals surface area contributed by atoms with Crippen molar-refractivity contribution in [2.45, 2.75) is 38.7 Å². The van der Waals surface area contributed by atoms with Gasteiger partial charge in [0.15, 0.2) is 0 Å². The van der Waals surface area contributed by atoms with Gasteiger partial charge in [-0.2, -0.15) is 0 Å². The normalized spacial score (nSPS) is 28.4. The van der Waals surface area contributed by atoms with Crippen molar-refractivity contribution in [3.8, 4) is 0 Å². The van der Waals surface area contributed by atoms with E-state index in [0.717, 1.165) is 19.3 Å². The fourth-order valence-electron chi connectivity index (χ4n) is 1.50. The molecule has 0 bridgehead atoms. The molecule has 1 rings (SSSR count). The molecule has 10 heavy (non-hydrogen) atoms. The minimum atomic E-state index is -0.0649. The maximum Gasteiger partial charge on any atom is 0.0568 e. The van der Waals surface area contributed by atoms with E-state index >= 15 is 0 Å². The average molecular weight is 140 g/mol. The summed E-state index contributed by atoms with van der Waals surface area (Å²) in [7, 11) is 0. The van der Waals surface area contributed by atoms with Crippen molar-refractivity contribution in [1.82, 2.24) is 0 Å². The average Bonchev–Trinajstić information content (AvgIpc) is 2.05. The molecule has 0 spiro atoms. The quantitative estimate of drug-likeness (QED) is 0.582. The lowest BCUT2D eigenvalue weighted by molar-refractivity contribution is 0.0983. The van der Waals surface area contributed by atoms with Crippen LogP contribution in [0.15, 0.2) is 12.2 Å². The highest BCUT2D eigenvalue weighted by molar-refractivity contribution is 4.91. The van der Waals surface area contributed by atoms with Crippen molar-refractivity contribution in [2.75, 3.05) is 0 Å². The SMILES string of the molecule is CC[C@H](O)C1CC=CCC1. The predicted octanol–water partition coefficient (Wildman–Crippen LogP) is 2.11. The lowest BCUT2D eigenvalue weighted by Crippen LogP contribution is -2.20. The topological polar surface area (TPSA) is 20.2 Å². The van der Waals surface area contributed by atoms with Crippen LogP contribution in [0.3, 0.4) is 0 Å². The molecule has 0 saturated carbocycles. The van der Waals surface area contributed by atoms with Gasteiger partial charge in [-0.15, -0.1) is 0 Å². The molecule has 1 heteroatoms. The largest absolute Gasteiger partial charge is 0.393 e. The van der Waals surface area contributed by atoms with Gasteiger partial charge < -0.3 is 5.11 Å². The van der Waals surface area contributed by atoms with Crippen LogP contribution in [0.5, 0.6) is 0 Å². The van der Waals surface area contributed by atoms with Crippen LogP contribution >= 0.6 is 0 Å². The Morgan fingerprint density at radius 3 is 2.90 bits per heavy atom. The van der Waals surface area contributed by atoms with Gasteiger partial charge in [-0.3, -0.25) is 0 Å². The van der Waals surface area contributed by atoms with Gasteiger partial charge in [0, 0.05) is 0 Å². The first-order valence-electron chi connectivity index (χ1n) is 4.17. The zero-order chi connectivity index (χ0) is 7.40. The molecule has 0 aromatic rings. The zero-order valence-corrected chi connectivity index (χ0v) is 6.59. The van der Waals surface area contributed by atoms with Gasteiger partial charge in [0.2, 0.25) is 0 Å². The first-order valence-corrected chi connectivity index (χ1v) is 4.17. The highest BCUT2D eigenvalue weighted by Gasteiger charge is 2.16. The Labute approximate surface area is 62.8 Å². The Hall–Kier alpha value is -0.300. The Bertz CT molecular complexity index is 118. The van der Waals surface area contributed by atoms with Crippen molar-refractivity contribution in [3.63, 3.8) is 0 Å². The summed E-state index contributed by atoms with van der Waals surface area (Å²) in [5.41, 5.74) is 0. The first-order chi connectivity index (χ1) is 4.84. The van der Waals surface area contributed by atoms with Crippen molar-refractivity contribution < 1.29 is 5.11 Å². The van der Waals surface area contributed by atoms with Crippen LogP contribution in [0.25, 0.3) is 0 Å². The number of rotatable bonds is 2. The Balaban J connectivity index is 2.33. The summed E-state index contributed by atoms with van der Waals surface area (Å²) in [6.07, 6.45) is 8.64. The van der Waals surface area contributed by atoms with E-state index in [1.54, 1.807) is 0 Å². The molecule has 0 fully saturated rings. The number of allylic oxidation sites excluding steroid dienone is 2. The van der Waals surface area contributed by atoms with Gasteiger partial charge in [0.1, 0.15) is 0 Å². The van der Waals surface area contributed by atoms with E-state index in [-0.39, 0.29) is 6.10 Å². The second-order valence-corrected chi connectivity index (χ2v) is 3.02. The molecule has 58 valence electrons. The van der Waals surface area contributed by atoms with E-state index in [0.29, 0.717) is 5.92 Å². The van der Waals surface area contributed by atoms with E-state index < -0.39 is 0 Å². The van der Waals surface area contributed by atoms with E-state index in [9.17, 15) is 5.11 Å². The van der Waals surface area contributed by atoms with Gasteiger partial charge in [-0.1, -0.05) is 19.1 Å². The molecular formula is C9H16O. The molecule has 1 aliphatic carbocycles. The summed E-state index contributed by atoms with van der Waals surface area (Å²) in [5, 5.41) is 9.45. The summed E-state index contributed by atoms with van der Waals surface area (Å²) in [6.45, 7) is 2.04. The van der Waals surface area contributed by atoms with Crippen LogP contribution in [-0.4, -0.2) is 11.2 Å². The lowest BCUT2D eigenvalue weighted by Gasteiger charge is -2.22. The molecule has 0 radical (unpaired) electrons. The van der Waals surface area contributed by atoms with Gasteiger partial charge in [0.25, 0.3) is 0 Å². The molecule has 0 aliphatic heterocycles. The molecule has 0 aromatic carbocycles. The van der Waals surface area contributed by atoms with Crippen LogP contribution in [0.4, 0.5) is 0 Å². The number of aliphatic hydroxyl groups is 1. The second kappa shape index (κ2) is 3.77. The fourth-order valence-corrected chi connectivity index (χ4v) is 1.50. The van der Waals surface area contributed by atoms with Gasteiger partial charge in [0.05, 0.1) is 6.10 Å². The Morgan fingerprint density at radius 1 is 1.60 bits per heavy atom. The number of hydrogen-bond acceptors (Lipinski definition) is 1. The molecule has 0 saturated heterocycles. The number of aliphatic hydroxyl groups excluding tert-OH is 1. The lowest BCUT2D eigenvalue weighted by atomic mass is 9.88. The monoisotopic (exact) mass is 140 g/mol. The summed E-state index contributed by atoms with van der Waals surface area (Å²) in [4.78, 5) is 0. The number of hydrogen-bond donors (Lipinski definition) is 1. The first kappa shape index (κ1) is 7.80. The summed E-state index contributed by atoms with van der Waals surface area (Å²) in [5.74, 6) is 0.537. The van der Waals surface area contributed by atoms with Crippen molar-refractivity contribution in [1.29, 1.82) is 0 Å². The van der Waals surface area contributed by atoms with E-state index in [2.05, 4.69) is 12.2 Å². The molecular weight excluding hydrogens is 124 g/mol. The van der Waals surface area contributed by atoms with E-state index in [4.69, 9.17) is 0 Å². The minimum absolute atomic E-state index is 0.0649. The van der Waals surface area contributed by atoms with Crippen LogP contribution < -0.4 is 0 Å². The van der Waals surface area contributed by atoms with Gasteiger partial charge >= 0.3 is 0 Å². The third-order valence-corrected chi connectivity index (χ3v) is 2.27. The molecule has 1 N–H and O–H groups in total. The molecule has 0 aromatic heterocycles. The van der Waals surface area contributed by atoms with Gasteiger partial charge in [-0.05, 0) is 31.6 Å². The zero-order valence-electron chi connectivity index (χ0n) is 6.59. The van der Waals surface area contributed by atoms with Gasteiger partial charge in [-0.25, -0.2) is 0 Å². The standard InChI is InChI=1S/C9H16O/c1-2-9(10)8-6-4-3-5-7-8/h3-4,8-10H,2,5-7H2,1H3/t8?,9-/m0/s1. The van der Waals surface area contributed by atoms with Crippen LogP contribution in [0.1, 0.15) is 32.6 Å². The van der Waals surface area contributed by atoms with Crippen LogP contribution in [-0.2, 0) is 0 Å². The minimum Gasteiger partial charge on any atom is -0.393 e. The molecule has 1 unspecified atom stereocenters. The highest BCUT2D eigenvalue weighted by atomic mass is 16.3. The van der Waals surface area contributed by atoms with Crippen molar-refractivity contribution >= 4 is 0 Å². The summed E-state index contributed by atoms with van der Waals surface area (Å²) in [6, 6.07) is 0. The molecule has 0 amide bonds. The smallest absolute Gasteiger partial charge is 0.0568 e. The van der Waals surface area contributed by atoms with Crippen molar-refractivity contribution in [3.05, 3.63) is 12.2 Å². The second-order valence-electron chi connectivity index (χ2n) is 3.02. The Morgan fingerprint density at radius 2 is 2.40 bits per heavy atom. The highest BCUT2D eigenvalue weighted by Crippen LogP contribution is 2.22. The molecule has 1 aliphatic rings. The maximum absolute atomic E-state index is 9.45. The third kappa shape index (κ3) is 1.84. The van der Waals surface area contributed by atoms with Crippen LogP contribution in [0.2, 0.25) is 0 Å². The van der Waals surface area contributed by atoms with Crippen LogP contribution in [0, 0.1) is 5.92 Å². The Kier molecular flexibility index (Phi) is 2.94. The summed E-state index contributed by atoms with van der Waals surface area (Å²) < 4.78 is 0. The molecule has 0 heterocycles. The van der Waals surface area contributed by atoms with Crippen molar-refractivity contribution in [2.24, 2.45) is 5.92 Å². The summed E-state index contributed by atoms with van der Waals surface area (Å²) >= 11 is 0. The van der Waals surface area contributed by atoms with E-state index in [1.165, 1.54) is 6.42 Å².